The average Bonchev–Trinajstić information content (AvgIpc) is 2.80. The van der Waals surface area contributed by atoms with Crippen LogP contribution in [0.3, 0.4) is 0 Å². The highest BCUT2D eigenvalue weighted by molar-refractivity contribution is 5.54. The zero-order chi connectivity index (χ0) is 11.4. The van der Waals surface area contributed by atoms with Crippen LogP contribution in [0.4, 0.5) is 11.4 Å². The van der Waals surface area contributed by atoms with Gasteiger partial charge >= 0.3 is 0 Å². The lowest BCUT2D eigenvalue weighted by atomic mass is 10.2. The lowest BCUT2D eigenvalue weighted by Crippen LogP contribution is -2.08. The minimum atomic E-state index is 0.765. The summed E-state index contributed by atoms with van der Waals surface area (Å²) in [7, 11) is 4.07. The van der Waals surface area contributed by atoms with Crippen molar-refractivity contribution in [3.05, 3.63) is 42.5 Å². The molecule has 2 rings (SSSR count). The van der Waals surface area contributed by atoms with Gasteiger partial charge in [0.05, 0.1) is 18.6 Å². The fourth-order valence-corrected chi connectivity index (χ4v) is 1.46. The van der Waals surface area contributed by atoms with Crippen molar-refractivity contribution in [1.29, 1.82) is 0 Å². The van der Waals surface area contributed by atoms with Crippen LogP contribution in [0.5, 0.6) is 0 Å². The Balaban J connectivity index is 1.95. The molecule has 1 aromatic heterocycles. The van der Waals surface area contributed by atoms with Crippen LogP contribution < -0.4 is 10.2 Å². The fourth-order valence-electron chi connectivity index (χ4n) is 1.46. The summed E-state index contributed by atoms with van der Waals surface area (Å²) >= 11 is 0. The predicted octanol–water partition coefficient (Wildman–Crippen LogP) is 2.09. The number of aromatic amines is 1. The minimum absolute atomic E-state index is 0.765. The molecule has 1 heterocycles. The molecule has 0 unspecified atom stereocenters. The molecular weight excluding hydrogens is 200 g/mol. The van der Waals surface area contributed by atoms with Crippen molar-refractivity contribution in [2.45, 2.75) is 6.54 Å². The second-order valence-electron chi connectivity index (χ2n) is 3.87. The maximum absolute atomic E-state index is 3.97. The maximum atomic E-state index is 3.97. The van der Waals surface area contributed by atoms with Crippen molar-refractivity contribution in [3.8, 4) is 0 Å². The molecule has 0 aliphatic heterocycles. The molecule has 84 valence electrons. The fraction of sp³-hybridized carbons (Fsp3) is 0.250. The van der Waals surface area contributed by atoms with E-state index in [4.69, 9.17) is 0 Å². The first-order valence-electron chi connectivity index (χ1n) is 5.24. The minimum Gasteiger partial charge on any atom is -0.379 e. The van der Waals surface area contributed by atoms with E-state index >= 15 is 0 Å². The Labute approximate surface area is 95.3 Å². The van der Waals surface area contributed by atoms with Gasteiger partial charge in [0.25, 0.3) is 0 Å². The van der Waals surface area contributed by atoms with Gasteiger partial charge in [0.2, 0.25) is 0 Å². The normalized spacial score (nSPS) is 10.1. The van der Waals surface area contributed by atoms with E-state index in [9.17, 15) is 0 Å². The number of aromatic nitrogens is 2. The molecule has 0 atom stereocenters. The van der Waals surface area contributed by atoms with Gasteiger partial charge in [-0.25, -0.2) is 4.98 Å². The van der Waals surface area contributed by atoms with Crippen LogP contribution in [-0.2, 0) is 6.54 Å². The number of anilines is 2. The molecule has 0 fully saturated rings. The molecule has 0 aliphatic rings. The summed E-state index contributed by atoms with van der Waals surface area (Å²) in [5, 5.41) is 3.32. The van der Waals surface area contributed by atoms with Crippen LogP contribution in [0.2, 0.25) is 0 Å². The number of imidazole rings is 1. The highest BCUT2D eigenvalue weighted by Gasteiger charge is 1.96. The van der Waals surface area contributed by atoms with E-state index in [1.165, 1.54) is 5.69 Å². The summed E-state index contributed by atoms with van der Waals surface area (Å²) in [6, 6.07) is 8.34. The average molecular weight is 216 g/mol. The van der Waals surface area contributed by atoms with Crippen molar-refractivity contribution in [3.63, 3.8) is 0 Å². The smallest absolute Gasteiger partial charge is 0.0922 e. The van der Waals surface area contributed by atoms with Crippen LogP contribution >= 0.6 is 0 Å². The summed E-state index contributed by atoms with van der Waals surface area (Å²) in [6.07, 6.45) is 3.51. The molecule has 4 heteroatoms. The number of rotatable bonds is 4. The van der Waals surface area contributed by atoms with Gasteiger partial charge in [0, 0.05) is 31.7 Å². The Hall–Kier alpha value is -1.97. The third-order valence-corrected chi connectivity index (χ3v) is 2.42. The highest BCUT2D eigenvalue weighted by Crippen LogP contribution is 2.15. The number of hydrogen-bond donors (Lipinski definition) is 2. The van der Waals surface area contributed by atoms with Crippen LogP contribution in [-0.4, -0.2) is 24.1 Å². The molecule has 0 amide bonds. The Morgan fingerprint density at radius 2 is 2.00 bits per heavy atom. The van der Waals surface area contributed by atoms with E-state index in [0.29, 0.717) is 0 Å². The number of benzene rings is 1. The summed E-state index contributed by atoms with van der Waals surface area (Å²) < 4.78 is 0. The molecule has 4 nitrogen and oxygen atoms in total. The van der Waals surface area contributed by atoms with Crippen LogP contribution in [0.25, 0.3) is 0 Å². The van der Waals surface area contributed by atoms with Crippen molar-refractivity contribution in [2.24, 2.45) is 0 Å². The maximum Gasteiger partial charge on any atom is 0.0922 e. The zero-order valence-electron chi connectivity index (χ0n) is 9.57. The molecule has 0 spiro atoms. The molecular formula is C12H16N4. The second kappa shape index (κ2) is 4.70. The van der Waals surface area contributed by atoms with Crippen molar-refractivity contribution in [1.82, 2.24) is 9.97 Å². The van der Waals surface area contributed by atoms with E-state index in [1.54, 1.807) is 6.33 Å². The van der Waals surface area contributed by atoms with Gasteiger partial charge in [-0.15, -0.1) is 0 Å². The van der Waals surface area contributed by atoms with E-state index in [-0.39, 0.29) is 0 Å². The Bertz CT molecular complexity index is 417. The predicted molar refractivity (Wildman–Crippen MR) is 66.7 cm³/mol. The van der Waals surface area contributed by atoms with Crippen molar-refractivity contribution < 1.29 is 0 Å². The zero-order valence-corrected chi connectivity index (χ0v) is 9.57. The summed E-state index contributed by atoms with van der Waals surface area (Å²) in [4.78, 5) is 9.11. The Morgan fingerprint density at radius 1 is 1.25 bits per heavy atom. The summed E-state index contributed by atoms with van der Waals surface area (Å²) in [5.41, 5.74) is 3.39. The lowest BCUT2D eigenvalue weighted by Gasteiger charge is -2.13. The summed E-state index contributed by atoms with van der Waals surface area (Å²) in [6.45, 7) is 0.765. The quantitative estimate of drug-likeness (QED) is 0.822. The number of nitrogens with zero attached hydrogens (tertiary/aromatic N) is 2. The molecule has 1 aromatic carbocycles. The van der Waals surface area contributed by atoms with E-state index in [0.717, 1.165) is 17.9 Å². The monoisotopic (exact) mass is 216 g/mol. The SMILES string of the molecule is CN(C)c1ccc(NCc2cnc[nH]2)cc1. The third kappa shape index (κ3) is 2.53. The molecule has 0 saturated heterocycles. The Morgan fingerprint density at radius 3 is 2.56 bits per heavy atom. The summed E-state index contributed by atoms with van der Waals surface area (Å²) in [5.74, 6) is 0. The van der Waals surface area contributed by atoms with Crippen LogP contribution in [0.1, 0.15) is 5.69 Å². The molecule has 0 aliphatic carbocycles. The van der Waals surface area contributed by atoms with Gasteiger partial charge < -0.3 is 15.2 Å². The first-order valence-corrected chi connectivity index (χ1v) is 5.24. The number of H-pyrrole nitrogens is 1. The van der Waals surface area contributed by atoms with Crippen molar-refractivity contribution in [2.75, 3.05) is 24.3 Å². The van der Waals surface area contributed by atoms with Gasteiger partial charge in [-0.1, -0.05) is 0 Å². The first kappa shape index (κ1) is 10.5. The van der Waals surface area contributed by atoms with Gasteiger partial charge in [-0.05, 0) is 24.3 Å². The second-order valence-corrected chi connectivity index (χ2v) is 3.87. The molecule has 0 radical (unpaired) electrons. The van der Waals surface area contributed by atoms with Crippen LogP contribution in [0, 0.1) is 0 Å². The molecule has 0 saturated carbocycles. The number of hydrogen-bond acceptors (Lipinski definition) is 3. The van der Waals surface area contributed by atoms with Gasteiger partial charge in [-0.2, -0.15) is 0 Å². The van der Waals surface area contributed by atoms with E-state index in [1.807, 2.05) is 20.3 Å². The Kier molecular flexibility index (Phi) is 3.10. The van der Waals surface area contributed by atoms with E-state index in [2.05, 4.69) is 44.5 Å². The molecule has 2 aromatic rings. The number of nitrogens with one attached hydrogen (secondary N) is 2. The topological polar surface area (TPSA) is 44.0 Å². The third-order valence-electron chi connectivity index (χ3n) is 2.42. The van der Waals surface area contributed by atoms with Crippen molar-refractivity contribution >= 4 is 11.4 Å². The van der Waals surface area contributed by atoms with Gasteiger partial charge in [-0.3, -0.25) is 0 Å². The van der Waals surface area contributed by atoms with Gasteiger partial charge in [0.1, 0.15) is 0 Å². The lowest BCUT2D eigenvalue weighted by molar-refractivity contribution is 1.07. The molecule has 0 bridgehead atoms. The van der Waals surface area contributed by atoms with E-state index < -0.39 is 0 Å². The highest BCUT2D eigenvalue weighted by atomic mass is 15.1. The van der Waals surface area contributed by atoms with Gasteiger partial charge in [0.15, 0.2) is 0 Å². The first-order chi connectivity index (χ1) is 7.75. The van der Waals surface area contributed by atoms with Crippen LogP contribution in [0.15, 0.2) is 36.8 Å². The molecule has 16 heavy (non-hydrogen) atoms. The largest absolute Gasteiger partial charge is 0.379 e. The standard InChI is InChI=1S/C12H16N4/c1-16(2)12-5-3-10(4-6-12)14-8-11-7-13-9-15-11/h3-7,9,14H,8H2,1-2H3,(H,13,15). The molecule has 2 N–H and O–H groups in total.